The van der Waals surface area contributed by atoms with E-state index < -0.39 is 41.4 Å². The first-order valence-electron chi connectivity index (χ1n) is 5.01. The third-order valence-corrected chi connectivity index (χ3v) is 3.07. The van der Waals surface area contributed by atoms with Gasteiger partial charge >= 0.3 is 5.69 Å². The summed E-state index contributed by atoms with van der Waals surface area (Å²) in [6, 6.07) is 0.983. The topological polar surface area (TPSA) is 105 Å². The molecule has 0 saturated carbocycles. The molecule has 2 rings (SSSR count). The van der Waals surface area contributed by atoms with E-state index in [1.54, 1.807) is 0 Å². The Bertz CT molecular complexity index is 556. The molecule has 1 aliphatic rings. The minimum absolute atomic E-state index is 0.659. The average Bonchev–Trinajstić information content (AvgIpc) is 2.52. The molecule has 0 spiro atoms. The van der Waals surface area contributed by atoms with Gasteiger partial charge in [-0.1, -0.05) is 11.6 Å². The first kappa shape index (κ1) is 13.2. The normalized spacial score (nSPS) is 35.9. The van der Waals surface area contributed by atoms with Crippen molar-refractivity contribution in [1.29, 1.82) is 0 Å². The van der Waals surface area contributed by atoms with E-state index in [0.29, 0.717) is 4.57 Å². The van der Waals surface area contributed by atoms with Crippen molar-refractivity contribution in [2.45, 2.75) is 23.6 Å². The van der Waals surface area contributed by atoms with Crippen molar-refractivity contribution >= 4 is 11.6 Å². The van der Waals surface area contributed by atoms with Crippen molar-refractivity contribution in [3.05, 3.63) is 33.1 Å². The Hall–Kier alpha value is -1.22. The number of hydrogen-bond donors (Lipinski definition) is 3. The molecule has 1 aromatic rings. The molecule has 100 valence electrons. The SMILES string of the molecule is O=c1ccn(C2OC(CO)C(O)[C@]2(F)Cl)c(=O)[nH]1. The van der Waals surface area contributed by atoms with Gasteiger partial charge < -0.3 is 14.9 Å². The first-order valence-corrected chi connectivity index (χ1v) is 5.39. The maximum absolute atomic E-state index is 14.1. The van der Waals surface area contributed by atoms with Gasteiger partial charge in [-0.15, -0.1) is 0 Å². The standard InChI is InChI=1S/C9H10ClFN2O5/c10-9(11)6(16)4(3-14)18-7(9)13-2-1-5(15)12-8(13)17/h1-2,4,6-7,14,16H,3H2,(H,12,15,17)/t4?,6?,7?,9-/m1/s1. The molecule has 0 radical (unpaired) electrons. The quantitative estimate of drug-likeness (QED) is 0.584. The highest BCUT2D eigenvalue weighted by Crippen LogP contribution is 2.43. The van der Waals surface area contributed by atoms with Gasteiger partial charge in [0.15, 0.2) is 6.23 Å². The molecule has 4 atom stereocenters. The fourth-order valence-electron chi connectivity index (χ4n) is 1.73. The van der Waals surface area contributed by atoms with Gasteiger partial charge in [0.1, 0.15) is 12.2 Å². The summed E-state index contributed by atoms with van der Waals surface area (Å²) in [4.78, 5) is 24.3. The van der Waals surface area contributed by atoms with Gasteiger partial charge in [-0.05, 0) is 0 Å². The summed E-state index contributed by atoms with van der Waals surface area (Å²) in [6.07, 6.45) is -3.70. The summed E-state index contributed by atoms with van der Waals surface area (Å²) in [5.74, 6) is 0. The summed E-state index contributed by atoms with van der Waals surface area (Å²) < 4.78 is 19.8. The third-order valence-electron chi connectivity index (χ3n) is 2.66. The maximum Gasteiger partial charge on any atom is 0.330 e. The molecule has 0 aliphatic carbocycles. The van der Waals surface area contributed by atoms with E-state index in [2.05, 4.69) is 0 Å². The van der Waals surface area contributed by atoms with Gasteiger partial charge in [0.25, 0.3) is 10.7 Å². The number of alkyl halides is 2. The molecule has 7 nitrogen and oxygen atoms in total. The zero-order valence-corrected chi connectivity index (χ0v) is 9.67. The van der Waals surface area contributed by atoms with Crippen LogP contribution in [0.4, 0.5) is 4.39 Å². The molecular formula is C9H10ClFN2O5. The van der Waals surface area contributed by atoms with Crippen LogP contribution in [0, 0.1) is 0 Å². The Morgan fingerprint density at radius 2 is 2.28 bits per heavy atom. The number of aliphatic hydroxyl groups is 2. The minimum atomic E-state index is -2.78. The smallest absolute Gasteiger partial charge is 0.330 e. The third kappa shape index (κ3) is 1.97. The van der Waals surface area contributed by atoms with Crippen LogP contribution in [0.1, 0.15) is 6.23 Å². The van der Waals surface area contributed by atoms with Gasteiger partial charge in [0, 0.05) is 12.3 Å². The lowest BCUT2D eigenvalue weighted by Crippen LogP contribution is -2.41. The van der Waals surface area contributed by atoms with Crippen molar-refractivity contribution in [3.63, 3.8) is 0 Å². The maximum atomic E-state index is 14.1. The number of nitrogens with zero attached hydrogens (tertiary/aromatic N) is 1. The van der Waals surface area contributed by atoms with Gasteiger partial charge in [-0.25, -0.2) is 9.18 Å². The number of halogens is 2. The van der Waals surface area contributed by atoms with Crippen LogP contribution >= 0.6 is 11.6 Å². The lowest BCUT2D eigenvalue weighted by atomic mass is 10.1. The predicted octanol–water partition coefficient (Wildman–Crippen LogP) is -1.31. The van der Waals surface area contributed by atoms with Crippen LogP contribution in [-0.4, -0.2) is 43.7 Å². The fraction of sp³-hybridized carbons (Fsp3) is 0.556. The van der Waals surface area contributed by atoms with Crippen molar-refractivity contribution in [3.8, 4) is 0 Å². The number of H-pyrrole nitrogens is 1. The zero-order chi connectivity index (χ0) is 13.5. The van der Waals surface area contributed by atoms with Crippen LogP contribution in [0.25, 0.3) is 0 Å². The second-order valence-corrected chi connectivity index (χ2v) is 4.43. The summed E-state index contributed by atoms with van der Waals surface area (Å²) in [7, 11) is 0. The lowest BCUT2D eigenvalue weighted by Gasteiger charge is -2.22. The van der Waals surface area contributed by atoms with E-state index in [-0.39, 0.29) is 0 Å². The van der Waals surface area contributed by atoms with E-state index in [0.717, 1.165) is 12.3 Å². The summed E-state index contributed by atoms with van der Waals surface area (Å²) in [5.41, 5.74) is -1.59. The minimum Gasteiger partial charge on any atom is -0.394 e. The molecule has 0 amide bonds. The average molecular weight is 281 g/mol. The number of rotatable bonds is 2. The van der Waals surface area contributed by atoms with Crippen molar-refractivity contribution in [2.24, 2.45) is 0 Å². The van der Waals surface area contributed by atoms with Gasteiger partial charge in [0.05, 0.1) is 6.61 Å². The highest BCUT2D eigenvalue weighted by atomic mass is 35.5. The number of aliphatic hydroxyl groups excluding tert-OH is 2. The van der Waals surface area contributed by atoms with Gasteiger partial charge in [0.2, 0.25) is 0 Å². The largest absolute Gasteiger partial charge is 0.394 e. The Morgan fingerprint density at radius 1 is 1.61 bits per heavy atom. The molecular weight excluding hydrogens is 271 g/mol. The molecule has 2 heterocycles. The Balaban J connectivity index is 2.45. The number of ether oxygens (including phenoxy) is 1. The van der Waals surface area contributed by atoms with E-state index in [1.807, 2.05) is 4.98 Å². The van der Waals surface area contributed by atoms with E-state index in [9.17, 15) is 19.1 Å². The highest BCUT2D eigenvalue weighted by Gasteiger charge is 2.57. The van der Waals surface area contributed by atoms with Crippen LogP contribution in [0.3, 0.4) is 0 Å². The zero-order valence-electron chi connectivity index (χ0n) is 8.92. The molecule has 1 aromatic heterocycles. The predicted molar refractivity (Wildman–Crippen MR) is 58.0 cm³/mol. The molecule has 3 unspecified atom stereocenters. The monoisotopic (exact) mass is 280 g/mol. The molecule has 1 saturated heterocycles. The Morgan fingerprint density at radius 3 is 2.78 bits per heavy atom. The first-order chi connectivity index (χ1) is 8.37. The Kier molecular flexibility index (Phi) is 3.28. The van der Waals surface area contributed by atoms with E-state index in [1.165, 1.54) is 0 Å². The second kappa shape index (κ2) is 4.47. The van der Waals surface area contributed by atoms with Crippen molar-refractivity contribution in [1.82, 2.24) is 9.55 Å². The van der Waals surface area contributed by atoms with Crippen LogP contribution in [-0.2, 0) is 4.74 Å². The number of aromatic amines is 1. The molecule has 0 aromatic carbocycles. The molecule has 1 fully saturated rings. The lowest BCUT2D eigenvalue weighted by molar-refractivity contribution is -0.0518. The molecule has 9 heteroatoms. The summed E-state index contributed by atoms with van der Waals surface area (Å²) in [6.45, 7) is -0.659. The van der Waals surface area contributed by atoms with Crippen LogP contribution < -0.4 is 11.2 Å². The number of hydrogen-bond acceptors (Lipinski definition) is 5. The fourth-order valence-corrected chi connectivity index (χ4v) is 2.03. The number of nitrogens with one attached hydrogen (secondary N) is 1. The van der Waals surface area contributed by atoms with E-state index >= 15 is 0 Å². The van der Waals surface area contributed by atoms with Crippen LogP contribution in [0.2, 0.25) is 0 Å². The Labute approximate surface area is 104 Å². The molecule has 1 aliphatic heterocycles. The van der Waals surface area contributed by atoms with Crippen molar-refractivity contribution in [2.75, 3.05) is 6.61 Å². The second-order valence-electron chi connectivity index (χ2n) is 3.85. The highest BCUT2D eigenvalue weighted by molar-refractivity contribution is 6.23. The number of aromatic nitrogens is 2. The van der Waals surface area contributed by atoms with Gasteiger partial charge in [-0.2, -0.15) is 0 Å². The molecule has 0 bridgehead atoms. The molecule has 18 heavy (non-hydrogen) atoms. The summed E-state index contributed by atoms with van der Waals surface area (Å²) >= 11 is 5.50. The molecule has 3 N–H and O–H groups in total. The van der Waals surface area contributed by atoms with Crippen LogP contribution in [0.5, 0.6) is 0 Å². The van der Waals surface area contributed by atoms with E-state index in [4.69, 9.17) is 21.4 Å². The van der Waals surface area contributed by atoms with Crippen molar-refractivity contribution < 1.29 is 19.3 Å². The van der Waals surface area contributed by atoms with Gasteiger partial charge in [-0.3, -0.25) is 14.3 Å². The van der Waals surface area contributed by atoms with Crippen LogP contribution in [0.15, 0.2) is 21.9 Å². The summed E-state index contributed by atoms with van der Waals surface area (Å²) in [5, 5.41) is 15.6.